The number of rotatable bonds is 6. The summed E-state index contributed by atoms with van der Waals surface area (Å²) in [5, 5.41) is 9.11. The number of carboxylic acids is 1. The Bertz CT molecular complexity index is 402. The van der Waals surface area contributed by atoms with E-state index in [1.54, 1.807) is 6.92 Å². The Morgan fingerprint density at radius 2 is 1.94 bits per heavy atom. The molecule has 1 rings (SSSR count). The van der Waals surface area contributed by atoms with Crippen molar-refractivity contribution in [1.82, 2.24) is 4.31 Å². The van der Waals surface area contributed by atoms with Crippen molar-refractivity contribution < 1.29 is 18.3 Å². The normalized spacial score (nSPS) is 25.8. The van der Waals surface area contributed by atoms with Gasteiger partial charge in [-0.2, -0.15) is 0 Å². The molecular weight excluding hydrogens is 254 g/mol. The first-order chi connectivity index (χ1) is 8.25. The maximum absolute atomic E-state index is 12.2. The minimum Gasteiger partial charge on any atom is -0.481 e. The molecule has 1 aliphatic heterocycles. The number of sulfonamides is 1. The molecule has 0 amide bonds. The van der Waals surface area contributed by atoms with Gasteiger partial charge in [0.25, 0.3) is 0 Å². The fourth-order valence-electron chi connectivity index (χ4n) is 2.26. The van der Waals surface area contributed by atoms with Crippen LogP contribution in [0.1, 0.15) is 40.0 Å². The van der Waals surface area contributed by atoms with E-state index in [0.717, 1.165) is 12.8 Å². The first-order valence-corrected chi connectivity index (χ1v) is 8.07. The zero-order valence-corrected chi connectivity index (χ0v) is 12.2. The molecule has 1 saturated heterocycles. The van der Waals surface area contributed by atoms with Crippen molar-refractivity contribution in [2.24, 2.45) is 11.3 Å². The molecule has 0 aromatic carbocycles. The van der Waals surface area contributed by atoms with Crippen molar-refractivity contribution in [2.75, 3.05) is 18.8 Å². The molecule has 0 radical (unpaired) electrons. The Kier molecular flexibility index (Phi) is 4.78. The van der Waals surface area contributed by atoms with Crippen LogP contribution < -0.4 is 0 Å². The fraction of sp³-hybridized carbons (Fsp3) is 0.917. The molecule has 6 heteroatoms. The Balaban J connectivity index is 2.75. The van der Waals surface area contributed by atoms with Gasteiger partial charge in [0.1, 0.15) is 0 Å². The molecule has 18 heavy (non-hydrogen) atoms. The van der Waals surface area contributed by atoms with E-state index in [0.29, 0.717) is 13.0 Å². The monoisotopic (exact) mass is 277 g/mol. The van der Waals surface area contributed by atoms with Crippen LogP contribution in [-0.2, 0) is 14.8 Å². The van der Waals surface area contributed by atoms with Crippen LogP contribution in [0.25, 0.3) is 0 Å². The summed E-state index contributed by atoms with van der Waals surface area (Å²) in [5.41, 5.74) is -0.930. The van der Waals surface area contributed by atoms with Gasteiger partial charge in [-0.05, 0) is 19.3 Å². The van der Waals surface area contributed by atoms with Gasteiger partial charge < -0.3 is 5.11 Å². The number of nitrogens with zero attached hydrogens (tertiary/aromatic N) is 1. The van der Waals surface area contributed by atoms with Crippen LogP contribution in [-0.4, -0.2) is 42.6 Å². The van der Waals surface area contributed by atoms with Gasteiger partial charge in [0.2, 0.25) is 10.0 Å². The molecule has 0 aromatic heterocycles. The van der Waals surface area contributed by atoms with Crippen LogP contribution >= 0.6 is 0 Å². The van der Waals surface area contributed by atoms with E-state index < -0.39 is 21.4 Å². The van der Waals surface area contributed by atoms with Crippen LogP contribution in [0, 0.1) is 11.3 Å². The largest absolute Gasteiger partial charge is 0.481 e. The second-order valence-corrected chi connectivity index (χ2v) is 7.42. The molecule has 0 aliphatic carbocycles. The fourth-order valence-corrected chi connectivity index (χ4v) is 4.39. The third-order valence-electron chi connectivity index (χ3n) is 3.95. The van der Waals surface area contributed by atoms with Gasteiger partial charge in [-0.25, -0.2) is 12.7 Å². The quantitative estimate of drug-likeness (QED) is 0.799. The third kappa shape index (κ3) is 3.23. The van der Waals surface area contributed by atoms with E-state index in [9.17, 15) is 13.2 Å². The molecule has 1 unspecified atom stereocenters. The molecular formula is C12H23NO4S. The highest BCUT2D eigenvalue weighted by Crippen LogP contribution is 2.32. The van der Waals surface area contributed by atoms with Gasteiger partial charge in [-0.1, -0.05) is 26.7 Å². The summed E-state index contributed by atoms with van der Waals surface area (Å²) >= 11 is 0. The second kappa shape index (κ2) is 5.57. The minimum atomic E-state index is -3.32. The third-order valence-corrected chi connectivity index (χ3v) is 5.94. The number of aliphatic carboxylic acids is 1. The topological polar surface area (TPSA) is 74.7 Å². The van der Waals surface area contributed by atoms with Crippen molar-refractivity contribution in [3.05, 3.63) is 0 Å². The maximum atomic E-state index is 12.2. The van der Waals surface area contributed by atoms with Gasteiger partial charge in [0.15, 0.2) is 0 Å². The molecule has 106 valence electrons. The van der Waals surface area contributed by atoms with Crippen LogP contribution in [0.5, 0.6) is 0 Å². The van der Waals surface area contributed by atoms with Gasteiger partial charge >= 0.3 is 5.97 Å². The summed E-state index contributed by atoms with van der Waals surface area (Å²) < 4.78 is 25.8. The first-order valence-electron chi connectivity index (χ1n) is 6.46. The molecule has 0 aromatic rings. The second-order valence-electron chi connectivity index (χ2n) is 5.41. The van der Waals surface area contributed by atoms with E-state index in [1.165, 1.54) is 4.31 Å². The number of carboxylic acid groups (broad SMARTS) is 1. The molecule has 0 saturated carbocycles. The van der Waals surface area contributed by atoms with E-state index in [2.05, 4.69) is 0 Å². The lowest BCUT2D eigenvalue weighted by Gasteiger charge is -2.22. The van der Waals surface area contributed by atoms with Crippen molar-refractivity contribution in [2.45, 2.75) is 40.0 Å². The van der Waals surface area contributed by atoms with Crippen LogP contribution in [0.4, 0.5) is 0 Å². The van der Waals surface area contributed by atoms with Gasteiger partial charge in [0, 0.05) is 13.1 Å². The molecule has 1 heterocycles. The number of hydrogen-bond donors (Lipinski definition) is 1. The molecule has 1 aliphatic rings. The Hall–Kier alpha value is -0.620. The summed E-state index contributed by atoms with van der Waals surface area (Å²) in [5.74, 6) is -0.621. The van der Waals surface area contributed by atoms with E-state index in [-0.39, 0.29) is 18.2 Å². The van der Waals surface area contributed by atoms with Crippen molar-refractivity contribution in [1.29, 1.82) is 0 Å². The number of carbonyl (C=O) groups is 1. The Morgan fingerprint density at radius 3 is 2.33 bits per heavy atom. The zero-order valence-electron chi connectivity index (χ0n) is 11.3. The summed E-state index contributed by atoms with van der Waals surface area (Å²) in [6.07, 6.45) is 2.06. The Labute approximate surface area is 109 Å². The first kappa shape index (κ1) is 15.4. The Morgan fingerprint density at radius 1 is 1.39 bits per heavy atom. The molecule has 0 bridgehead atoms. The predicted molar refractivity (Wildman–Crippen MR) is 69.8 cm³/mol. The van der Waals surface area contributed by atoms with Gasteiger partial charge in [0.05, 0.1) is 11.2 Å². The predicted octanol–water partition coefficient (Wildman–Crippen LogP) is 1.55. The summed E-state index contributed by atoms with van der Waals surface area (Å²) in [4.78, 5) is 11.1. The lowest BCUT2D eigenvalue weighted by Crippen LogP contribution is -2.37. The van der Waals surface area contributed by atoms with Crippen molar-refractivity contribution in [3.8, 4) is 0 Å². The van der Waals surface area contributed by atoms with Crippen LogP contribution in [0.2, 0.25) is 0 Å². The average molecular weight is 277 g/mol. The van der Waals surface area contributed by atoms with Crippen LogP contribution in [0.15, 0.2) is 0 Å². The lowest BCUT2D eigenvalue weighted by molar-refractivity contribution is -0.146. The standard InChI is InChI=1S/C12H23NO4S/c1-4-10(5-2)8-18(16,17)13-7-6-12(3,9-13)11(14)15/h10H,4-9H2,1-3H3,(H,14,15). The highest BCUT2D eigenvalue weighted by atomic mass is 32.2. The highest BCUT2D eigenvalue weighted by Gasteiger charge is 2.44. The lowest BCUT2D eigenvalue weighted by atomic mass is 9.90. The number of hydrogen-bond acceptors (Lipinski definition) is 3. The smallest absolute Gasteiger partial charge is 0.310 e. The molecule has 1 fully saturated rings. The summed E-state index contributed by atoms with van der Waals surface area (Å²) in [6, 6.07) is 0. The van der Waals surface area contributed by atoms with Gasteiger partial charge in [-0.3, -0.25) is 4.79 Å². The maximum Gasteiger partial charge on any atom is 0.310 e. The van der Waals surface area contributed by atoms with E-state index in [4.69, 9.17) is 5.11 Å². The highest BCUT2D eigenvalue weighted by molar-refractivity contribution is 7.89. The molecule has 1 atom stereocenters. The minimum absolute atomic E-state index is 0.102. The van der Waals surface area contributed by atoms with E-state index >= 15 is 0 Å². The van der Waals surface area contributed by atoms with Gasteiger partial charge in [-0.15, -0.1) is 0 Å². The zero-order chi connectivity index (χ0) is 14.0. The van der Waals surface area contributed by atoms with Crippen molar-refractivity contribution >= 4 is 16.0 Å². The van der Waals surface area contributed by atoms with Crippen molar-refractivity contribution in [3.63, 3.8) is 0 Å². The van der Waals surface area contributed by atoms with E-state index in [1.807, 2.05) is 13.8 Å². The molecule has 1 N–H and O–H groups in total. The SMILES string of the molecule is CCC(CC)CS(=O)(=O)N1CCC(C)(C(=O)O)C1. The molecule has 5 nitrogen and oxygen atoms in total. The molecule has 0 spiro atoms. The summed E-state index contributed by atoms with van der Waals surface area (Å²) in [7, 11) is -3.32. The summed E-state index contributed by atoms with van der Waals surface area (Å²) in [6.45, 7) is 6.00. The average Bonchev–Trinajstić information content (AvgIpc) is 2.71. The van der Waals surface area contributed by atoms with Crippen LogP contribution in [0.3, 0.4) is 0 Å².